The van der Waals surface area contributed by atoms with Crippen LogP contribution in [0.4, 0.5) is 0 Å². The Labute approximate surface area is 123 Å². The summed E-state index contributed by atoms with van der Waals surface area (Å²) >= 11 is 1.45. The Kier molecular flexibility index (Phi) is 5.93. The van der Waals surface area contributed by atoms with Gasteiger partial charge in [0.2, 0.25) is 0 Å². The van der Waals surface area contributed by atoms with Crippen molar-refractivity contribution in [2.45, 2.75) is 17.1 Å². The van der Waals surface area contributed by atoms with Crippen molar-refractivity contribution in [3.8, 4) is 0 Å². The van der Waals surface area contributed by atoms with Gasteiger partial charge in [-0.25, -0.2) is 13.4 Å². The van der Waals surface area contributed by atoms with Gasteiger partial charge in [0, 0.05) is 11.8 Å². The summed E-state index contributed by atoms with van der Waals surface area (Å²) in [4.78, 5) is 4.60. The maximum absolute atomic E-state index is 12.1. The van der Waals surface area contributed by atoms with Gasteiger partial charge in [-0.1, -0.05) is 18.2 Å². The highest BCUT2D eigenvalue weighted by Crippen LogP contribution is 2.18. The van der Waals surface area contributed by atoms with Crippen molar-refractivity contribution < 1.29 is 8.42 Å². The Bertz CT molecular complexity index is 612. The van der Waals surface area contributed by atoms with E-state index in [0.29, 0.717) is 23.6 Å². The van der Waals surface area contributed by atoms with E-state index in [4.69, 9.17) is 5.73 Å². The summed E-state index contributed by atoms with van der Waals surface area (Å²) in [6, 6.07) is 8.42. The fraction of sp³-hybridized carbons (Fsp3) is 0.250. The highest BCUT2D eigenvalue weighted by molar-refractivity contribution is 7.90. The van der Waals surface area contributed by atoms with Gasteiger partial charge in [-0.3, -0.25) is 0 Å². The lowest BCUT2D eigenvalue weighted by atomic mass is 10.4. The number of benzene rings is 1. The molecule has 2 rings (SSSR count). The highest BCUT2D eigenvalue weighted by atomic mass is 35.5. The van der Waals surface area contributed by atoms with Gasteiger partial charge in [-0.15, -0.1) is 23.7 Å². The van der Waals surface area contributed by atoms with Crippen LogP contribution in [0, 0.1) is 0 Å². The zero-order valence-electron chi connectivity index (χ0n) is 10.2. The largest absolute Gasteiger partial charge is 0.330 e. The van der Waals surface area contributed by atoms with Gasteiger partial charge < -0.3 is 5.73 Å². The van der Waals surface area contributed by atoms with Crippen molar-refractivity contribution in [1.29, 1.82) is 0 Å². The van der Waals surface area contributed by atoms with E-state index in [1.807, 2.05) is 0 Å². The van der Waals surface area contributed by atoms with Crippen LogP contribution in [-0.4, -0.2) is 19.9 Å². The van der Waals surface area contributed by atoms with Gasteiger partial charge in [0.05, 0.1) is 21.3 Å². The van der Waals surface area contributed by atoms with Gasteiger partial charge in [-0.2, -0.15) is 0 Å². The molecule has 0 spiro atoms. The molecule has 0 saturated heterocycles. The van der Waals surface area contributed by atoms with Crippen LogP contribution in [0.25, 0.3) is 0 Å². The van der Waals surface area contributed by atoms with Crippen molar-refractivity contribution in [3.63, 3.8) is 0 Å². The van der Waals surface area contributed by atoms with Crippen LogP contribution < -0.4 is 5.73 Å². The predicted molar refractivity (Wildman–Crippen MR) is 79.5 cm³/mol. The van der Waals surface area contributed by atoms with Gasteiger partial charge in [0.25, 0.3) is 0 Å². The summed E-state index contributed by atoms with van der Waals surface area (Å²) in [6.45, 7) is 0.526. The molecule has 104 valence electrons. The second-order valence-corrected chi connectivity index (χ2v) is 6.78. The molecule has 19 heavy (non-hydrogen) atoms. The second-order valence-electron chi connectivity index (χ2n) is 3.84. The maximum Gasteiger partial charge on any atom is 0.184 e. The second kappa shape index (κ2) is 7.00. The summed E-state index contributed by atoms with van der Waals surface area (Å²) < 4.78 is 24.2. The number of nitrogens with zero attached hydrogens (tertiary/aromatic N) is 1. The monoisotopic (exact) mass is 318 g/mol. The van der Waals surface area contributed by atoms with E-state index in [1.54, 1.807) is 35.7 Å². The van der Waals surface area contributed by atoms with Crippen molar-refractivity contribution in [3.05, 3.63) is 46.4 Å². The van der Waals surface area contributed by atoms with Crippen LogP contribution in [0.5, 0.6) is 0 Å². The molecule has 0 aliphatic heterocycles. The summed E-state index contributed by atoms with van der Waals surface area (Å²) in [6.07, 6.45) is 0.691. The number of aromatic nitrogens is 1. The molecule has 4 nitrogen and oxygen atoms in total. The van der Waals surface area contributed by atoms with Crippen molar-refractivity contribution in [2.75, 3.05) is 6.54 Å². The molecule has 7 heteroatoms. The minimum absolute atomic E-state index is 0. The first kappa shape index (κ1) is 16.1. The number of rotatable bonds is 5. The average Bonchev–Trinajstić information content (AvgIpc) is 2.77. The molecular weight excluding hydrogens is 304 g/mol. The number of hydrogen-bond donors (Lipinski definition) is 1. The third kappa shape index (κ3) is 4.28. The lowest BCUT2D eigenvalue weighted by Gasteiger charge is -2.01. The molecule has 1 heterocycles. The first-order chi connectivity index (χ1) is 8.62. The number of halogens is 1. The summed E-state index contributed by atoms with van der Waals surface area (Å²) in [7, 11) is -3.30. The number of sulfone groups is 1. The summed E-state index contributed by atoms with van der Waals surface area (Å²) in [5, 5.41) is 2.67. The molecule has 0 fully saturated rings. The zero-order chi connectivity index (χ0) is 13.0. The molecule has 1 aromatic heterocycles. The third-order valence-corrected chi connectivity index (χ3v) is 5.02. The van der Waals surface area contributed by atoms with Crippen molar-refractivity contribution in [2.24, 2.45) is 5.73 Å². The minimum Gasteiger partial charge on any atom is -0.330 e. The smallest absolute Gasteiger partial charge is 0.184 e. The molecule has 2 aromatic rings. The topological polar surface area (TPSA) is 73.0 Å². The summed E-state index contributed by atoms with van der Waals surface area (Å²) in [5.74, 6) is -0.0575. The number of hydrogen-bond acceptors (Lipinski definition) is 5. The van der Waals surface area contributed by atoms with E-state index in [-0.39, 0.29) is 18.2 Å². The van der Waals surface area contributed by atoms with Crippen molar-refractivity contribution >= 4 is 33.6 Å². The maximum atomic E-state index is 12.1. The van der Waals surface area contributed by atoms with Gasteiger partial charge >= 0.3 is 0 Å². The average molecular weight is 319 g/mol. The van der Waals surface area contributed by atoms with Crippen LogP contribution in [0.1, 0.15) is 10.7 Å². The fourth-order valence-electron chi connectivity index (χ4n) is 1.56. The first-order valence-electron chi connectivity index (χ1n) is 5.53. The number of nitrogens with two attached hydrogens (primary N) is 1. The minimum atomic E-state index is -3.30. The van der Waals surface area contributed by atoms with Crippen LogP contribution in [0.2, 0.25) is 0 Å². The van der Waals surface area contributed by atoms with Crippen LogP contribution >= 0.6 is 23.7 Å². The third-order valence-electron chi connectivity index (χ3n) is 2.40. The van der Waals surface area contributed by atoms with Crippen LogP contribution in [0.15, 0.2) is 40.6 Å². The number of thiazole rings is 1. The predicted octanol–water partition coefficient (Wildman–Crippen LogP) is 2.04. The normalized spacial score (nSPS) is 11.0. The van der Waals surface area contributed by atoms with E-state index in [1.165, 1.54) is 11.3 Å². The van der Waals surface area contributed by atoms with E-state index in [9.17, 15) is 8.42 Å². The Hall–Kier alpha value is -0.950. The Morgan fingerprint density at radius 1 is 1.21 bits per heavy atom. The molecule has 0 saturated carbocycles. The molecule has 0 unspecified atom stereocenters. The first-order valence-corrected chi connectivity index (χ1v) is 8.06. The molecule has 0 aliphatic carbocycles. The standard InChI is InChI=1S/C12H14N2O2S2.ClH/c13-7-6-12-14-10(8-17-12)9-18(15,16)11-4-2-1-3-5-11;/h1-5,8H,6-7,9,13H2;1H. The molecule has 1 aromatic carbocycles. The van der Waals surface area contributed by atoms with E-state index in [0.717, 1.165) is 5.01 Å². The fourth-order valence-corrected chi connectivity index (χ4v) is 3.75. The zero-order valence-corrected chi connectivity index (χ0v) is 12.6. The van der Waals surface area contributed by atoms with Crippen molar-refractivity contribution in [1.82, 2.24) is 4.98 Å². The Morgan fingerprint density at radius 2 is 1.89 bits per heavy atom. The van der Waals surface area contributed by atoms with Crippen LogP contribution in [0.3, 0.4) is 0 Å². The Morgan fingerprint density at radius 3 is 2.53 bits per heavy atom. The molecule has 0 atom stereocenters. The van der Waals surface area contributed by atoms with Crippen LogP contribution in [-0.2, 0) is 22.0 Å². The Balaban J connectivity index is 0.00000180. The lowest BCUT2D eigenvalue weighted by Crippen LogP contribution is -2.06. The van der Waals surface area contributed by atoms with E-state index in [2.05, 4.69) is 4.98 Å². The lowest BCUT2D eigenvalue weighted by molar-refractivity contribution is 0.594. The summed E-state index contributed by atoms with van der Waals surface area (Å²) in [5.41, 5.74) is 6.03. The molecular formula is C12H15ClN2O2S2. The molecule has 0 bridgehead atoms. The quantitative estimate of drug-likeness (QED) is 0.915. The molecule has 0 amide bonds. The van der Waals surface area contributed by atoms with E-state index < -0.39 is 9.84 Å². The molecule has 0 radical (unpaired) electrons. The van der Waals surface area contributed by atoms with E-state index >= 15 is 0 Å². The SMILES string of the molecule is Cl.NCCc1nc(CS(=O)(=O)c2ccccc2)cs1. The highest BCUT2D eigenvalue weighted by Gasteiger charge is 2.16. The molecule has 2 N–H and O–H groups in total. The molecule has 0 aliphatic rings. The van der Waals surface area contributed by atoms with Gasteiger partial charge in [0.1, 0.15) is 0 Å². The van der Waals surface area contributed by atoms with Gasteiger partial charge in [0.15, 0.2) is 9.84 Å². The van der Waals surface area contributed by atoms with Gasteiger partial charge in [-0.05, 0) is 18.7 Å².